The van der Waals surface area contributed by atoms with Gasteiger partial charge in [0.25, 0.3) is 0 Å². The quantitative estimate of drug-likeness (QED) is 0.488. The average molecular weight is 187 g/mol. The third-order valence-electron chi connectivity index (χ3n) is 0.913. The van der Waals surface area contributed by atoms with Gasteiger partial charge in [0.2, 0.25) is 0 Å². The van der Waals surface area contributed by atoms with Gasteiger partial charge in [0.1, 0.15) is 5.69 Å². The Morgan fingerprint density at radius 1 is 1.36 bits per heavy atom. The van der Waals surface area contributed by atoms with Gasteiger partial charge >= 0.3 is 0 Å². The zero-order valence-corrected chi connectivity index (χ0v) is 7.32. The van der Waals surface area contributed by atoms with Crippen LogP contribution in [0.3, 0.4) is 0 Å². The van der Waals surface area contributed by atoms with E-state index in [0.717, 1.165) is 10.7 Å². The van der Waals surface area contributed by atoms with Crippen LogP contribution in [0.2, 0.25) is 5.02 Å². The van der Waals surface area contributed by atoms with Crippen molar-refractivity contribution in [3.05, 3.63) is 34.7 Å². The fourth-order valence-corrected chi connectivity index (χ4v) is 0.610. The summed E-state index contributed by atoms with van der Waals surface area (Å²) in [4.78, 5) is 0. The number of hydrogen-bond donors (Lipinski definition) is 1. The summed E-state index contributed by atoms with van der Waals surface area (Å²) < 4.78 is 0. The topological polar surface area (TPSA) is 49.9 Å². The highest BCUT2D eigenvalue weighted by Gasteiger charge is 1.85. The minimum atomic E-state index is 0.761. The van der Waals surface area contributed by atoms with Crippen molar-refractivity contribution in [1.82, 2.24) is 0 Å². The third-order valence-corrected chi connectivity index (χ3v) is 1.17. The van der Waals surface area contributed by atoms with Crippen molar-refractivity contribution >= 4 is 34.7 Å². The maximum Gasteiger partial charge on any atom is 0.128 e. The van der Waals surface area contributed by atoms with Gasteiger partial charge in [0.15, 0.2) is 0 Å². The second kappa shape index (κ2) is 6.01. The largest absolute Gasteiger partial charge is 0.753 e. The molecule has 1 aromatic carbocycles. The molecule has 0 fully saturated rings. The van der Waals surface area contributed by atoms with E-state index in [1.165, 1.54) is 5.16 Å². The van der Waals surface area contributed by atoms with Crippen molar-refractivity contribution < 1.29 is 5.73 Å². The van der Waals surface area contributed by atoms with Crippen LogP contribution in [0.1, 0.15) is 0 Å². The molecule has 0 aromatic heterocycles. The molecule has 0 saturated heterocycles. The van der Waals surface area contributed by atoms with E-state index in [2.05, 4.69) is 18.0 Å². The van der Waals surface area contributed by atoms with E-state index < -0.39 is 0 Å². The highest BCUT2D eigenvalue weighted by Crippen LogP contribution is 2.08. The Labute approximate surface area is 75.5 Å². The molecule has 4 heteroatoms. The molecule has 0 aliphatic heterocycles. The Balaban J connectivity index is 0.000000292. The van der Waals surface area contributed by atoms with Gasteiger partial charge in [-0.1, -0.05) is 23.8 Å². The Morgan fingerprint density at radius 3 is 2.00 bits per heavy atom. The summed E-state index contributed by atoms with van der Waals surface area (Å²) in [7, 11) is 0. The number of hydrogen-bond acceptors (Lipinski definition) is 1. The number of nitrogens with zero attached hydrogens (tertiary/aromatic N) is 1. The first-order valence-electron chi connectivity index (χ1n) is 2.79. The molecule has 0 atom stereocenters. The first-order valence-corrected chi connectivity index (χ1v) is 3.58. The number of isothiocyanates is 1. The van der Waals surface area contributed by atoms with Crippen LogP contribution in [0.5, 0.6) is 0 Å². The van der Waals surface area contributed by atoms with Crippen LogP contribution in [0.15, 0.2) is 24.3 Å². The van der Waals surface area contributed by atoms with Crippen LogP contribution in [0.4, 0.5) is 5.69 Å². The number of benzene rings is 1. The zero-order valence-electron chi connectivity index (χ0n) is 5.75. The van der Waals surface area contributed by atoms with Crippen LogP contribution in [0, 0.1) is 0 Å². The fourth-order valence-electron chi connectivity index (χ4n) is 0.484. The van der Waals surface area contributed by atoms with Crippen molar-refractivity contribution in [2.24, 2.45) is 0 Å². The molecule has 1 rings (SSSR count). The SMILES string of the molecule is [N-]=C=S.[NH3+]c1ccc(Cl)cc1. The molecule has 0 bridgehead atoms. The second-order valence-electron chi connectivity index (χ2n) is 1.72. The Bertz CT molecular complexity index is 218. The molecule has 0 spiro atoms. The first-order chi connectivity index (χ1) is 5.20. The van der Waals surface area contributed by atoms with Gasteiger partial charge in [-0.25, -0.2) is 0 Å². The number of rotatable bonds is 0. The van der Waals surface area contributed by atoms with Gasteiger partial charge < -0.3 is 11.1 Å². The summed E-state index contributed by atoms with van der Waals surface area (Å²) >= 11 is 9.28. The van der Waals surface area contributed by atoms with Crippen LogP contribution in [0.25, 0.3) is 5.41 Å². The summed E-state index contributed by atoms with van der Waals surface area (Å²) in [6, 6.07) is 7.40. The summed E-state index contributed by atoms with van der Waals surface area (Å²) in [5.74, 6) is 0. The third kappa shape index (κ3) is 5.70. The summed E-state index contributed by atoms with van der Waals surface area (Å²) in [6.45, 7) is 0. The molecule has 1 aromatic rings. The van der Waals surface area contributed by atoms with E-state index in [1.54, 1.807) is 0 Å². The monoisotopic (exact) mass is 186 g/mol. The number of halogens is 1. The van der Waals surface area contributed by atoms with Crippen molar-refractivity contribution in [3.63, 3.8) is 0 Å². The fraction of sp³-hybridized carbons (Fsp3) is 0. The molecular formula is C7H7ClN2S. The molecule has 11 heavy (non-hydrogen) atoms. The first kappa shape index (κ1) is 10.3. The Morgan fingerprint density at radius 2 is 1.73 bits per heavy atom. The highest BCUT2D eigenvalue weighted by molar-refractivity contribution is 7.78. The zero-order chi connectivity index (χ0) is 8.69. The average Bonchev–Trinajstić information content (AvgIpc) is 1.97. The minimum Gasteiger partial charge on any atom is -0.753 e. The lowest BCUT2D eigenvalue weighted by atomic mass is 10.3. The van der Waals surface area contributed by atoms with Crippen LogP contribution >= 0.6 is 23.8 Å². The predicted octanol–water partition coefficient (Wildman–Crippen LogP) is 1.87. The smallest absolute Gasteiger partial charge is 0.128 e. The van der Waals surface area contributed by atoms with Gasteiger partial charge in [-0.3, -0.25) is 0 Å². The van der Waals surface area contributed by atoms with Crippen LogP contribution in [-0.2, 0) is 0 Å². The second-order valence-corrected chi connectivity index (χ2v) is 2.34. The molecule has 58 valence electrons. The molecule has 0 aliphatic carbocycles. The van der Waals surface area contributed by atoms with E-state index in [0.29, 0.717) is 0 Å². The van der Waals surface area contributed by atoms with Crippen molar-refractivity contribution in [2.75, 3.05) is 0 Å². The Kier molecular flexibility index (Phi) is 5.61. The molecule has 0 saturated carbocycles. The van der Waals surface area contributed by atoms with Crippen molar-refractivity contribution in [1.29, 1.82) is 0 Å². The summed E-state index contributed by atoms with van der Waals surface area (Å²) in [5.41, 5.74) is 4.70. The van der Waals surface area contributed by atoms with Crippen molar-refractivity contribution in [3.8, 4) is 0 Å². The lowest BCUT2D eigenvalue weighted by Crippen LogP contribution is -2.39. The van der Waals surface area contributed by atoms with Gasteiger partial charge in [0.05, 0.1) is 0 Å². The molecule has 0 unspecified atom stereocenters. The summed E-state index contributed by atoms with van der Waals surface area (Å²) in [5, 5.41) is 9.23. The summed E-state index contributed by atoms with van der Waals surface area (Å²) in [6.07, 6.45) is 0. The molecule has 2 nitrogen and oxygen atoms in total. The molecule has 0 heterocycles. The van der Waals surface area contributed by atoms with E-state index in [1.807, 2.05) is 24.3 Å². The molecular weight excluding hydrogens is 180 g/mol. The van der Waals surface area contributed by atoms with Gasteiger partial charge in [-0.05, 0) is 12.1 Å². The number of quaternary nitrogens is 1. The van der Waals surface area contributed by atoms with Gasteiger partial charge in [-0.2, -0.15) is 5.16 Å². The van der Waals surface area contributed by atoms with Gasteiger partial charge in [-0.15, -0.1) is 0 Å². The number of thiocarbonyl (C=S) groups is 1. The minimum absolute atomic E-state index is 0.761. The standard InChI is InChI=1S/C6H6ClN.CNS/c7-5-1-3-6(8)4-2-5;2-1-3/h1-4H,8H2;/q;-1/p+1. The maximum absolute atomic E-state index is 7.13. The van der Waals surface area contributed by atoms with E-state index in [4.69, 9.17) is 17.0 Å². The normalized spacial score (nSPS) is 7.45. The molecule has 0 aliphatic rings. The van der Waals surface area contributed by atoms with Gasteiger partial charge in [0, 0.05) is 17.2 Å². The van der Waals surface area contributed by atoms with E-state index in [9.17, 15) is 0 Å². The van der Waals surface area contributed by atoms with Crippen LogP contribution in [-0.4, -0.2) is 5.16 Å². The molecule has 0 amide bonds. The van der Waals surface area contributed by atoms with E-state index in [-0.39, 0.29) is 0 Å². The maximum atomic E-state index is 7.13. The highest BCUT2D eigenvalue weighted by atomic mass is 35.5. The Hall–Kier alpha value is -0.730. The lowest BCUT2D eigenvalue weighted by molar-refractivity contribution is -0.254. The van der Waals surface area contributed by atoms with Crippen molar-refractivity contribution in [2.45, 2.75) is 0 Å². The van der Waals surface area contributed by atoms with E-state index >= 15 is 0 Å². The van der Waals surface area contributed by atoms with Crippen LogP contribution < -0.4 is 5.73 Å². The molecule has 0 radical (unpaired) electrons. The predicted molar refractivity (Wildman–Crippen MR) is 50.0 cm³/mol. The molecule has 3 N–H and O–H groups in total. The lowest BCUT2D eigenvalue weighted by Gasteiger charge is -1.85.